The average molecular weight is 505 g/mol. The Morgan fingerprint density at radius 3 is 2.61 bits per heavy atom. The Labute approximate surface area is 200 Å². The molecule has 0 atom stereocenters. The van der Waals surface area contributed by atoms with E-state index in [2.05, 4.69) is 37.8 Å². The van der Waals surface area contributed by atoms with Crippen LogP contribution in [0.25, 0.3) is 0 Å². The topological polar surface area (TPSA) is 104 Å². The molecule has 3 rings (SSSR count). The molecule has 3 aromatic rings. The second-order valence-electron chi connectivity index (χ2n) is 7.09. The lowest BCUT2D eigenvalue weighted by molar-refractivity contribution is -0.120. The van der Waals surface area contributed by atoms with Crippen LogP contribution in [0.3, 0.4) is 0 Å². The summed E-state index contributed by atoms with van der Waals surface area (Å²) in [7, 11) is 0. The Kier molecular flexibility index (Phi) is 8.33. The first kappa shape index (κ1) is 23.7. The molecule has 0 aliphatic rings. The van der Waals surface area contributed by atoms with Gasteiger partial charge < -0.3 is 10.1 Å². The first-order chi connectivity index (χ1) is 16.0. The molecule has 2 amide bonds. The molecule has 0 unspecified atom stereocenters. The largest absolute Gasteiger partial charge is 0.488 e. The molecule has 0 aliphatic carbocycles. The lowest BCUT2D eigenvalue weighted by atomic mass is 10.1. The summed E-state index contributed by atoms with van der Waals surface area (Å²) in [5.74, 6) is -0.157. The van der Waals surface area contributed by atoms with Gasteiger partial charge >= 0.3 is 0 Å². The zero-order valence-electron chi connectivity index (χ0n) is 17.8. The smallest absolute Gasteiger partial charge is 0.259 e. The molecule has 0 aliphatic heterocycles. The quantitative estimate of drug-likeness (QED) is 0.356. The van der Waals surface area contributed by atoms with Crippen LogP contribution in [0.5, 0.6) is 5.75 Å². The lowest BCUT2D eigenvalue weighted by Gasteiger charge is -2.10. The average Bonchev–Trinajstić information content (AvgIpc) is 2.82. The number of aryl methyl sites for hydroxylation is 1. The Hall–Kier alpha value is -3.96. The molecular formula is C25H21BrN4O3. The molecule has 0 saturated heterocycles. The molecule has 0 fully saturated rings. The summed E-state index contributed by atoms with van der Waals surface area (Å²) in [5, 5.41) is 15.6. The van der Waals surface area contributed by atoms with E-state index in [1.54, 1.807) is 36.4 Å². The second kappa shape index (κ2) is 11.6. The third-order valence-corrected chi connectivity index (χ3v) is 5.22. The highest BCUT2D eigenvalue weighted by Gasteiger charge is 2.08. The fourth-order valence-electron chi connectivity index (χ4n) is 2.81. The van der Waals surface area contributed by atoms with E-state index in [9.17, 15) is 14.9 Å². The van der Waals surface area contributed by atoms with Gasteiger partial charge in [0.15, 0.2) is 0 Å². The minimum absolute atomic E-state index is 0.190. The predicted octanol–water partition coefficient (Wildman–Crippen LogP) is 4.09. The van der Waals surface area contributed by atoms with E-state index < -0.39 is 5.91 Å². The summed E-state index contributed by atoms with van der Waals surface area (Å²) in [6.07, 6.45) is 1.49. The number of hydrogen-bond acceptors (Lipinski definition) is 5. The van der Waals surface area contributed by atoms with E-state index in [4.69, 9.17) is 4.74 Å². The number of rotatable bonds is 8. The maximum atomic E-state index is 12.0. The molecule has 7 nitrogen and oxygen atoms in total. The second-order valence-corrected chi connectivity index (χ2v) is 7.94. The summed E-state index contributed by atoms with van der Waals surface area (Å²) in [4.78, 5) is 24.0. The van der Waals surface area contributed by atoms with Crippen LogP contribution < -0.4 is 15.5 Å². The number of halogens is 1. The molecule has 2 N–H and O–H groups in total. The Morgan fingerprint density at radius 1 is 1.12 bits per heavy atom. The minimum atomic E-state index is -0.443. The number of nitrogens with zero attached hydrogens (tertiary/aromatic N) is 2. The van der Waals surface area contributed by atoms with E-state index in [-0.39, 0.29) is 19.1 Å². The van der Waals surface area contributed by atoms with Crippen molar-refractivity contribution in [3.05, 3.63) is 99.0 Å². The molecule has 0 spiro atoms. The Morgan fingerprint density at radius 2 is 1.88 bits per heavy atom. The van der Waals surface area contributed by atoms with Crippen molar-refractivity contribution in [1.29, 1.82) is 5.26 Å². The molecule has 8 heteroatoms. The number of carbonyl (C=O) groups excluding carboxylic acids is 2. The molecule has 0 heterocycles. The van der Waals surface area contributed by atoms with Gasteiger partial charge in [0, 0.05) is 11.1 Å². The summed E-state index contributed by atoms with van der Waals surface area (Å²) < 4.78 is 6.51. The van der Waals surface area contributed by atoms with Gasteiger partial charge in [-0.3, -0.25) is 9.59 Å². The van der Waals surface area contributed by atoms with E-state index in [0.29, 0.717) is 21.3 Å². The van der Waals surface area contributed by atoms with Crippen molar-refractivity contribution in [1.82, 2.24) is 10.7 Å². The van der Waals surface area contributed by atoms with E-state index in [1.165, 1.54) is 6.21 Å². The summed E-state index contributed by atoms with van der Waals surface area (Å²) >= 11 is 3.46. The highest BCUT2D eigenvalue weighted by molar-refractivity contribution is 9.10. The van der Waals surface area contributed by atoms with Crippen LogP contribution in [0.15, 0.2) is 76.3 Å². The molecule has 3 aromatic carbocycles. The number of nitrogens with one attached hydrogen (secondary N) is 2. The molecule has 0 radical (unpaired) electrons. The first-order valence-electron chi connectivity index (χ1n) is 10.0. The van der Waals surface area contributed by atoms with Gasteiger partial charge in [0.2, 0.25) is 0 Å². The van der Waals surface area contributed by atoms with Gasteiger partial charge in [0.25, 0.3) is 11.8 Å². The van der Waals surface area contributed by atoms with Gasteiger partial charge in [-0.1, -0.05) is 35.9 Å². The minimum Gasteiger partial charge on any atom is -0.488 e. The van der Waals surface area contributed by atoms with Gasteiger partial charge in [0.1, 0.15) is 12.4 Å². The summed E-state index contributed by atoms with van der Waals surface area (Å²) in [6.45, 7) is 2.01. The molecule has 166 valence electrons. The fraction of sp³-hybridized carbons (Fsp3) is 0.120. The van der Waals surface area contributed by atoms with Gasteiger partial charge in [-0.15, -0.1) is 0 Å². The number of carbonyl (C=O) groups is 2. The zero-order valence-corrected chi connectivity index (χ0v) is 19.4. The Bertz CT molecular complexity index is 1220. The van der Waals surface area contributed by atoms with Crippen molar-refractivity contribution in [3.63, 3.8) is 0 Å². The highest BCUT2D eigenvalue weighted by atomic mass is 79.9. The first-order valence-corrected chi connectivity index (χ1v) is 10.8. The SMILES string of the molecule is Cc1ccc(C(=O)NCC(=O)N/N=C/c2ccc(OCc3ccccc3C#N)c(Br)c2)cc1. The van der Waals surface area contributed by atoms with E-state index >= 15 is 0 Å². The van der Waals surface area contributed by atoms with Crippen molar-refractivity contribution in [3.8, 4) is 11.8 Å². The maximum absolute atomic E-state index is 12.0. The lowest BCUT2D eigenvalue weighted by Crippen LogP contribution is -2.34. The van der Waals surface area contributed by atoms with Crippen LogP contribution in [-0.2, 0) is 11.4 Å². The van der Waals surface area contributed by atoms with Crippen LogP contribution in [0.1, 0.15) is 32.6 Å². The normalized spacial score (nSPS) is 10.5. The molecule has 0 saturated carbocycles. The molecule has 0 aromatic heterocycles. The maximum Gasteiger partial charge on any atom is 0.259 e. The van der Waals surface area contributed by atoms with Crippen molar-refractivity contribution < 1.29 is 14.3 Å². The van der Waals surface area contributed by atoms with Gasteiger partial charge in [0.05, 0.1) is 28.9 Å². The number of ether oxygens (including phenoxy) is 1. The van der Waals surface area contributed by atoms with Crippen LogP contribution >= 0.6 is 15.9 Å². The molecule has 33 heavy (non-hydrogen) atoms. The summed E-state index contributed by atoms with van der Waals surface area (Å²) in [5.41, 5.74) is 6.02. The number of nitriles is 1. The van der Waals surface area contributed by atoms with Crippen LogP contribution in [-0.4, -0.2) is 24.6 Å². The number of benzene rings is 3. The van der Waals surface area contributed by atoms with E-state index in [0.717, 1.165) is 16.7 Å². The third kappa shape index (κ3) is 7.02. The Balaban J connectivity index is 1.48. The van der Waals surface area contributed by atoms with Crippen molar-refractivity contribution >= 4 is 34.0 Å². The van der Waals surface area contributed by atoms with E-state index in [1.807, 2.05) is 37.3 Å². The van der Waals surface area contributed by atoms with Crippen molar-refractivity contribution in [2.75, 3.05) is 6.54 Å². The van der Waals surface area contributed by atoms with Gasteiger partial charge in [-0.25, -0.2) is 5.43 Å². The van der Waals surface area contributed by atoms with Crippen LogP contribution in [0.4, 0.5) is 0 Å². The number of amides is 2. The molecular weight excluding hydrogens is 484 g/mol. The van der Waals surface area contributed by atoms with Crippen molar-refractivity contribution in [2.45, 2.75) is 13.5 Å². The van der Waals surface area contributed by atoms with Crippen LogP contribution in [0.2, 0.25) is 0 Å². The third-order valence-electron chi connectivity index (χ3n) is 4.60. The van der Waals surface area contributed by atoms with Crippen molar-refractivity contribution in [2.24, 2.45) is 5.10 Å². The van der Waals surface area contributed by atoms with Gasteiger partial charge in [-0.2, -0.15) is 10.4 Å². The van der Waals surface area contributed by atoms with Crippen LogP contribution in [0, 0.1) is 18.3 Å². The highest BCUT2D eigenvalue weighted by Crippen LogP contribution is 2.26. The number of hydrogen-bond donors (Lipinski definition) is 2. The standard InChI is InChI=1S/C25H21BrN4O3/c1-17-6-9-19(10-7-17)25(32)28-15-24(31)30-29-14-18-8-11-23(22(26)12-18)33-16-21-5-3-2-4-20(21)13-27/h2-12,14H,15-16H2,1H3,(H,28,32)(H,30,31)/b29-14+. The summed E-state index contributed by atoms with van der Waals surface area (Å²) in [6, 6.07) is 21.8. The zero-order chi connectivity index (χ0) is 23.6. The fourth-order valence-corrected chi connectivity index (χ4v) is 3.32. The monoisotopic (exact) mass is 504 g/mol. The van der Waals surface area contributed by atoms with Gasteiger partial charge in [-0.05, 0) is 64.8 Å². The molecule has 0 bridgehead atoms. The predicted molar refractivity (Wildman–Crippen MR) is 129 cm³/mol. The number of hydrazone groups is 1.